The number of hydrogen-bond acceptors (Lipinski definition) is 2. The highest BCUT2D eigenvalue weighted by molar-refractivity contribution is 6.25. The summed E-state index contributed by atoms with van der Waals surface area (Å²) in [5, 5.41) is 7.54. The molecule has 0 fully saturated rings. The lowest BCUT2D eigenvalue weighted by molar-refractivity contribution is 0.746. The maximum absolute atomic E-state index is 5.41. The minimum Gasteiger partial charge on any atom is -0.379 e. The van der Waals surface area contributed by atoms with Crippen LogP contribution in [-0.2, 0) is 13.5 Å². The van der Waals surface area contributed by atoms with Gasteiger partial charge < -0.3 is 5.32 Å². The molecule has 1 aromatic rings. The van der Waals surface area contributed by atoms with Gasteiger partial charge in [-0.25, -0.2) is 0 Å². The number of rotatable bonds is 4. The molecule has 0 bridgehead atoms. The van der Waals surface area contributed by atoms with Crippen LogP contribution in [0.3, 0.4) is 0 Å². The summed E-state index contributed by atoms with van der Waals surface area (Å²) in [6.45, 7) is 2.83. The van der Waals surface area contributed by atoms with Gasteiger partial charge in [-0.1, -0.05) is 24.6 Å². The van der Waals surface area contributed by atoms with Crippen LogP contribution in [0, 0.1) is 0 Å². The molecule has 0 amide bonds. The normalized spacial score (nSPS) is 11.0. The molecule has 0 saturated carbocycles. The van der Waals surface area contributed by atoms with E-state index in [4.69, 9.17) is 11.6 Å². The van der Waals surface area contributed by atoms with Crippen molar-refractivity contribution in [1.82, 2.24) is 9.78 Å². The van der Waals surface area contributed by atoms with Gasteiger partial charge >= 0.3 is 0 Å². The van der Waals surface area contributed by atoms with Crippen molar-refractivity contribution in [2.24, 2.45) is 7.05 Å². The molecule has 0 atom stereocenters. The lowest BCUT2D eigenvalue weighted by Crippen LogP contribution is -1.99. The van der Waals surface area contributed by atoms with E-state index < -0.39 is 0 Å². The van der Waals surface area contributed by atoms with Crippen LogP contribution < -0.4 is 5.32 Å². The number of hydrogen-bond donors (Lipinski definition) is 1. The van der Waals surface area contributed by atoms with Crippen LogP contribution >= 0.6 is 11.6 Å². The van der Waals surface area contributed by atoms with Crippen molar-refractivity contribution in [2.75, 3.05) is 11.9 Å². The Kier molecular flexibility index (Phi) is 3.83. The van der Waals surface area contributed by atoms with E-state index in [2.05, 4.69) is 17.3 Å². The predicted octanol–water partition coefficient (Wildman–Crippen LogP) is 2.15. The number of nitrogens with one attached hydrogen (secondary N) is 1. The molecule has 1 heterocycles. The van der Waals surface area contributed by atoms with Gasteiger partial charge in [0.15, 0.2) is 0 Å². The topological polar surface area (TPSA) is 29.9 Å². The fourth-order valence-electron chi connectivity index (χ4n) is 1.16. The van der Waals surface area contributed by atoms with Crippen molar-refractivity contribution in [2.45, 2.75) is 13.3 Å². The molecule has 3 nitrogen and oxygen atoms in total. The minimum absolute atomic E-state index is 0.738. The highest BCUT2D eigenvalue weighted by Crippen LogP contribution is 2.12. The second-order valence-electron chi connectivity index (χ2n) is 2.76. The molecule has 0 saturated heterocycles. The molecular weight excluding hydrogens is 186 g/mol. The van der Waals surface area contributed by atoms with Crippen molar-refractivity contribution >= 4 is 17.3 Å². The van der Waals surface area contributed by atoms with Gasteiger partial charge in [-0.2, -0.15) is 5.10 Å². The van der Waals surface area contributed by atoms with Gasteiger partial charge in [-0.15, -0.1) is 0 Å². The summed E-state index contributed by atoms with van der Waals surface area (Å²) >= 11 is 5.41. The number of nitrogens with zero attached hydrogens (tertiary/aromatic N) is 2. The molecule has 1 rings (SSSR count). The first-order valence-corrected chi connectivity index (χ1v) is 4.73. The van der Waals surface area contributed by atoms with Crippen LogP contribution in [0.25, 0.3) is 0 Å². The molecule has 72 valence electrons. The predicted molar refractivity (Wildman–Crippen MR) is 56.1 cm³/mol. The van der Waals surface area contributed by atoms with Crippen molar-refractivity contribution in [3.8, 4) is 0 Å². The Hall–Kier alpha value is -0.960. The fraction of sp³-hybridized carbons (Fsp3) is 0.444. The van der Waals surface area contributed by atoms with Crippen LogP contribution in [0.15, 0.2) is 17.8 Å². The van der Waals surface area contributed by atoms with Crippen LogP contribution in [0.1, 0.15) is 12.6 Å². The average molecular weight is 200 g/mol. The van der Waals surface area contributed by atoms with Crippen molar-refractivity contribution in [1.29, 1.82) is 0 Å². The minimum atomic E-state index is 0.738. The number of aryl methyl sites for hydroxylation is 2. The lowest BCUT2D eigenvalue weighted by Gasteiger charge is -2.00. The summed E-state index contributed by atoms with van der Waals surface area (Å²) in [5.41, 5.74) is 3.68. The first kappa shape index (κ1) is 10.1. The van der Waals surface area contributed by atoms with E-state index in [1.165, 1.54) is 5.54 Å². The molecule has 0 aliphatic heterocycles. The molecular formula is C9H14ClN3. The lowest BCUT2D eigenvalue weighted by atomic mass is 10.3. The highest BCUT2D eigenvalue weighted by Gasteiger charge is 2.02. The quantitative estimate of drug-likeness (QED) is 0.806. The first-order valence-electron chi connectivity index (χ1n) is 4.29. The third-order valence-corrected chi connectivity index (χ3v) is 1.92. The second-order valence-corrected chi connectivity index (χ2v) is 3.01. The third-order valence-electron chi connectivity index (χ3n) is 1.74. The van der Waals surface area contributed by atoms with E-state index in [0.717, 1.165) is 24.3 Å². The third kappa shape index (κ3) is 2.77. The van der Waals surface area contributed by atoms with E-state index in [0.29, 0.717) is 0 Å². The number of aromatic nitrogens is 2. The summed E-state index contributed by atoms with van der Waals surface area (Å²) in [7, 11) is 1.92. The average Bonchev–Trinajstić information content (AvgIpc) is 2.47. The Balaban J connectivity index is 2.63. The Morgan fingerprint density at radius 2 is 2.46 bits per heavy atom. The van der Waals surface area contributed by atoms with Crippen molar-refractivity contribution < 1.29 is 0 Å². The summed E-state index contributed by atoms with van der Waals surface area (Å²) < 4.78 is 1.81. The van der Waals surface area contributed by atoms with Crippen molar-refractivity contribution in [3.05, 3.63) is 23.5 Å². The van der Waals surface area contributed by atoms with Crippen molar-refractivity contribution in [3.63, 3.8) is 0 Å². The first-order chi connectivity index (χ1) is 6.27. The monoisotopic (exact) mass is 199 g/mol. The zero-order chi connectivity index (χ0) is 9.68. The zero-order valence-corrected chi connectivity index (χ0v) is 8.67. The van der Waals surface area contributed by atoms with Gasteiger partial charge in [-0.3, -0.25) is 4.68 Å². The fourth-order valence-corrected chi connectivity index (χ4v) is 1.25. The van der Waals surface area contributed by atoms with E-state index in [-0.39, 0.29) is 0 Å². The molecule has 1 aromatic heterocycles. The summed E-state index contributed by atoms with van der Waals surface area (Å²) in [6.07, 6.45) is 4.77. The maximum atomic E-state index is 5.41. The van der Waals surface area contributed by atoms with Gasteiger partial charge in [0.25, 0.3) is 0 Å². The molecule has 0 aromatic carbocycles. The molecule has 1 N–H and O–H groups in total. The standard InChI is InChI=1S/C9H14ClN3/c1-3-8-9(7-13(2)12-8)11-6-4-5-10/h4-5,7,11H,3,6H2,1-2H3/b5-4+. The van der Waals surface area contributed by atoms with E-state index in [9.17, 15) is 0 Å². The van der Waals surface area contributed by atoms with Gasteiger partial charge in [-0.05, 0) is 6.42 Å². The van der Waals surface area contributed by atoms with Gasteiger partial charge in [0.1, 0.15) is 0 Å². The Labute approximate surface area is 83.4 Å². The molecule has 0 aliphatic carbocycles. The highest BCUT2D eigenvalue weighted by atomic mass is 35.5. The number of anilines is 1. The summed E-state index contributed by atoms with van der Waals surface area (Å²) in [5.74, 6) is 0. The molecule has 0 unspecified atom stereocenters. The maximum Gasteiger partial charge on any atom is 0.0853 e. The molecule has 4 heteroatoms. The van der Waals surface area contributed by atoms with Crippen LogP contribution in [-0.4, -0.2) is 16.3 Å². The van der Waals surface area contributed by atoms with Crippen LogP contribution in [0.5, 0.6) is 0 Å². The number of halogens is 1. The van der Waals surface area contributed by atoms with E-state index >= 15 is 0 Å². The molecule has 0 aliphatic rings. The molecule has 0 spiro atoms. The van der Waals surface area contributed by atoms with Crippen LogP contribution in [0.2, 0.25) is 0 Å². The van der Waals surface area contributed by atoms with Crippen LogP contribution in [0.4, 0.5) is 5.69 Å². The summed E-state index contributed by atoms with van der Waals surface area (Å²) in [4.78, 5) is 0. The van der Waals surface area contributed by atoms with Gasteiger partial charge in [0.2, 0.25) is 0 Å². The van der Waals surface area contributed by atoms with E-state index in [1.807, 2.05) is 24.0 Å². The van der Waals surface area contributed by atoms with Gasteiger partial charge in [0, 0.05) is 25.3 Å². The Bertz CT molecular complexity index is 291. The Morgan fingerprint density at radius 1 is 1.69 bits per heavy atom. The molecule has 13 heavy (non-hydrogen) atoms. The largest absolute Gasteiger partial charge is 0.379 e. The second kappa shape index (κ2) is 4.92. The SMILES string of the molecule is CCc1nn(C)cc1NC/C=C/Cl. The Morgan fingerprint density at radius 3 is 3.08 bits per heavy atom. The van der Waals surface area contributed by atoms with E-state index in [1.54, 1.807) is 0 Å². The van der Waals surface area contributed by atoms with Gasteiger partial charge in [0.05, 0.1) is 11.4 Å². The molecule has 0 radical (unpaired) electrons. The summed E-state index contributed by atoms with van der Waals surface area (Å²) in [6, 6.07) is 0. The smallest absolute Gasteiger partial charge is 0.0853 e. The zero-order valence-electron chi connectivity index (χ0n) is 7.92.